The van der Waals surface area contributed by atoms with Crippen molar-refractivity contribution in [2.75, 3.05) is 5.75 Å². The van der Waals surface area contributed by atoms with Gasteiger partial charge in [0.1, 0.15) is 0 Å². The van der Waals surface area contributed by atoms with E-state index >= 15 is 0 Å². The molecule has 13 heavy (non-hydrogen) atoms. The number of unbranched alkanes of at least 4 members (excludes halogenated alkanes) is 2. The first kappa shape index (κ1) is 12.5. The number of hydrogen-bond acceptors (Lipinski definition) is 2. The Bertz CT molecular complexity index is 183. The second-order valence-corrected chi connectivity index (χ2v) is 3.95. The summed E-state index contributed by atoms with van der Waals surface area (Å²) in [5.41, 5.74) is 0. The summed E-state index contributed by atoms with van der Waals surface area (Å²) in [6.45, 7) is 4.15. The fraction of sp³-hybridized carbons (Fsp3) is 0.545. The van der Waals surface area contributed by atoms with Crippen LogP contribution in [0.5, 0.6) is 0 Å². The van der Waals surface area contributed by atoms with E-state index in [-0.39, 0.29) is 5.12 Å². The molecule has 0 fully saturated rings. The first-order valence-electron chi connectivity index (χ1n) is 4.81. The molecule has 0 N–H and O–H groups in total. The predicted molar refractivity (Wildman–Crippen MR) is 60.9 cm³/mol. The standard InChI is InChI=1S/C11H18OS/c1-3-5-6-7-8-9-10-11(12)13-4-2/h7-10H,3-6H2,1-2H3/b8-7+,10-9+. The van der Waals surface area contributed by atoms with Gasteiger partial charge in [-0.3, -0.25) is 4.79 Å². The topological polar surface area (TPSA) is 17.1 Å². The number of carbonyl (C=O) groups is 1. The van der Waals surface area contributed by atoms with E-state index in [1.54, 1.807) is 6.08 Å². The highest BCUT2D eigenvalue weighted by molar-refractivity contribution is 8.14. The van der Waals surface area contributed by atoms with Crippen LogP contribution in [0.2, 0.25) is 0 Å². The van der Waals surface area contributed by atoms with Crippen LogP contribution in [-0.4, -0.2) is 10.9 Å². The SMILES string of the molecule is CCCC/C=C/C=C/C(=O)SCC. The van der Waals surface area contributed by atoms with E-state index in [1.165, 1.54) is 24.6 Å². The van der Waals surface area contributed by atoms with E-state index in [9.17, 15) is 4.79 Å². The molecule has 0 saturated heterocycles. The Kier molecular flexibility index (Phi) is 9.22. The summed E-state index contributed by atoms with van der Waals surface area (Å²) in [7, 11) is 0. The molecule has 0 heterocycles. The van der Waals surface area contributed by atoms with Crippen LogP contribution in [0.1, 0.15) is 33.1 Å². The van der Waals surface area contributed by atoms with Gasteiger partial charge in [-0.2, -0.15) is 0 Å². The average Bonchev–Trinajstić information content (AvgIpc) is 2.11. The normalized spacial score (nSPS) is 11.5. The molecule has 0 aromatic carbocycles. The van der Waals surface area contributed by atoms with Gasteiger partial charge in [0, 0.05) is 0 Å². The number of allylic oxidation sites excluding steroid dienone is 3. The van der Waals surface area contributed by atoms with E-state index < -0.39 is 0 Å². The van der Waals surface area contributed by atoms with Gasteiger partial charge < -0.3 is 0 Å². The molecule has 0 aromatic heterocycles. The molecule has 0 saturated carbocycles. The quantitative estimate of drug-likeness (QED) is 0.369. The fourth-order valence-corrected chi connectivity index (χ4v) is 1.28. The second-order valence-electron chi connectivity index (χ2n) is 2.68. The summed E-state index contributed by atoms with van der Waals surface area (Å²) < 4.78 is 0. The molecular formula is C11H18OS. The maximum Gasteiger partial charge on any atom is 0.212 e. The number of thioether (sulfide) groups is 1. The van der Waals surface area contributed by atoms with E-state index in [1.807, 2.05) is 19.1 Å². The largest absolute Gasteiger partial charge is 0.282 e. The van der Waals surface area contributed by atoms with Crippen LogP contribution in [0.15, 0.2) is 24.3 Å². The monoisotopic (exact) mass is 198 g/mol. The van der Waals surface area contributed by atoms with Gasteiger partial charge in [-0.05, 0) is 18.2 Å². The maximum atomic E-state index is 11.0. The van der Waals surface area contributed by atoms with E-state index in [0.717, 1.165) is 12.2 Å². The lowest BCUT2D eigenvalue weighted by Crippen LogP contribution is -1.83. The number of hydrogen-bond donors (Lipinski definition) is 0. The van der Waals surface area contributed by atoms with Crippen LogP contribution in [0.25, 0.3) is 0 Å². The highest BCUT2D eigenvalue weighted by Gasteiger charge is 1.90. The van der Waals surface area contributed by atoms with E-state index in [2.05, 4.69) is 13.0 Å². The Morgan fingerprint density at radius 1 is 1.31 bits per heavy atom. The first-order chi connectivity index (χ1) is 6.31. The highest BCUT2D eigenvalue weighted by atomic mass is 32.2. The smallest absolute Gasteiger partial charge is 0.212 e. The van der Waals surface area contributed by atoms with Crippen LogP contribution < -0.4 is 0 Å². The number of carbonyl (C=O) groups excluding carboxylic acids is 1. The van der Waals surface area contributed by atoms with Gasteiger partial charge in [0.15, 0.2) is 0 Å². The summed E-state index contributed by atoms with van der Waals surface area (Å²) in [4.78, 5) is 11.0. The fourth-order valence-electron chi connectivity index (χ4n) is 0.821. The summed E-state index contributed by atoms with van der Waals surface area (Å²) in [6, 6.07) is 0. The molecule has 0 aliphatic carbocycles. The van der Waals surface area contributed by atoms with Crippen LogP contribution in [0.3, 0.4) is 0 Å². The van der Waals surface area contributed by atoms with Crippen molar-refractivity contribution < 1.29 is 4.79 Å². The summed E-state index contributed by atoms with van der Waals surface area (Å²) in [6.07, 6.45) is 11.0. The summed E-state index contributed by atoms with van der Waals surface area (Å²) in [5.74, 6) is 0.850. The van der Waals surface area contributed by atoms with Gasteiger partial charge in [0.2, 0.25) is 5.12 Å². The summed E-state index contributed by atoms with van der Waals surface area (Å²) in [5, 5.41) is 0.141. The molecule has 74 valence electrons. The summed E-state index contributed by atoms with van der Waals surface area (Å²) >= 11 is 1.34. The van der Waals surface area contributed by atoms with Crippen molar-refractivity contribution in [3.05, 3.63) is 24.3 Å². The Morgan fingerprint density at radius 3 is 2.69 bits per heavy atom. The van der Waals surface area contributed by atoms with Crippen LogP contribution in [0, 0.1) is 0 Å². The molecule has 0 amide bonds. The third-order valence-electron chi connectivity index (χ3n) is 1.49. The maximum absolute atomic E-state index is 11.0. The van der Waals surface area contributed by atoms with Crippen molar-refractivity contribution in [1.82, 2.24) is 0 Å². The van der Waals surface area contributed by atoms with Crippen molar-refractivity contribution in [2.24, 2.45) is 0 Å². The molecule has 0 rings (SSSR count). The number of rotatable bonds is 6. The molecule has 0 atom stereocenters. The van der Waals surface area contributed by atoms with Gasteiger partial charge in [0.25, 0.3) is 0 Å². The third kappa shape index (κ3) is 9.41. The molecule has 0 unspecified atom stereocenters. The molecule has 0 aromatic rings. The van der Waals surface area contributed by atoms with Gasteiger partial charge in [-0.15, -0.1) is 0 Å². The van der Waals surface area contributed by atoms with Gasteiger partial charge in [-0.25, -0.2) is 0 Å². The molecule has 0 radical (unpaired) electrons. The minimum absolute atomic E-state index is 0.141. The van der Waals surface area contributed by atoms with Crippen LogP contribution in [-0.2, 0) is 4.79 Å². The molecule has 0 aliphatic heterocycles. The average molecular weight is 198 g/mol. The zero-order valence-electron chi connectivity index (χ0n) is 8.45. The van der Waals surface area contributed by atoms with E-state index in [0.29, 0.717) is 0 Å². The molecule has 2 heteroatoms. The lowest BCUT2D eigenvalue weighted by molar-refractivity contribution is -0.107. The first-order valence-corrected chi connectivity index (χ1v) is 5.79. The van der Waals surface area contributed by atoms with Crippen LogP contribution >= 0.6 is 11.8 Å². The minimum atomic E-state index is 0.141. The van der Waals surface area contributed by atoms with E-state index in [4.69, 9.17) is 0 Å². The zero-order chi connectivity index (χ0) is 9.94. The Hall–Kier alpha value is -0.500. The van der Waals surface area contributed by atoms with Gasteiger partial charge in [-0.1, -0.05) is 56.7 Å². The molecule has 1 nitrogen and oxygen atoms in total. The Morgan fingerprint density at radius 2 is 2.08 bits per heavy atom. The molecule has 0 aliphatic rings. The minimum Gasteiger partial charge on any atom is -0.282 e. The van der Waals surface area contributed by atoms with Crippen molar-refractivity contribution in [3.8, 4) is 0 Å². The van der Waals surface area contributed by atoms with Crippen molar-refractivity contribution in [2.45, 2.75) is 33.1 Å². The van der Waals surface area contributed by atoms with Crippen molar-refractivity contribution in [1.29, 1.82) is 0 Å². The Labute approximate surface area is 85.3 Å². The predicted octanol–water partition coefficient (Wildman–Crippen LogP) is 3.57. The van der Waals surface area contributed by atoms with Crippen molar-refractivity contribution >= 4 is 16.9 Å². The Balaban J connectivity index is 3.49. The van der Waals surface area contributed by atoms with Crippen LogP contribution in [0.4, 0.5) is 0 Å². The molecule has 0 bridgehead atoms. The molecule has 0 spiro atoms. The second kappa shape index (κ2) is 9.59. The lowest BCUT2D eigenvalue weighted by Gasteiger charge is -1.87. The highest BCUT2D eigenvalue weighted by Crippen LogP contribution is 2.01. The zero-order valence-corrected chi connectivity index (χ0v) is 9.27. The van der Waals surface area contributed by atoms with Crippen molar-refractivity contribution in [3.63, 3.8) is 0 Å². The lowest BCUT2D eigenvalue weighted by atomic mass is 10.2. The third-order valence-corrected chi connectivity index (χ3v) is 2.20. The van der Waals surface area contributed by atoms with Gasteiger partial charge >= 0.3 is 0 Å². The van der Waals surface area contributed by atoms with Gasteiger partial charge in [0.05, 0.1) is 0 Å². The molecular weight excluding hydrogens is 180 g/mol.